The number of hydrogen-bond donors (Lipinski definition) is 3. The molecule has 0 radical (unpaired) electrons. The summed E-state index contributed by atoms with van der Waals surface area (Å²) < 4.78 is 5.21. The summed E-state index contributed by atoms with van der Waals surface area (Å²) >= 11 is 0. The maximum absolute atomic E-state index is 12.6. The van der Waals surface area contributed by atoms with E-state index in [0.717, 1.165) is 13.1 Å². The second kappa shape index (κ2) is 6.64. The maximum Gasteiger partial charge on any atom is 0.337 e. The van der Waals surface area contributed by atoms with Gasteiger partial charge in [-0.3, -0.25) is 9.78 Å². The molecule has 1 saturated heterocycles. The Bertz CT molecular complexity index is 521. The van der Waals surface area contributed by atoms with Crippen molar-refractivity contribution < 1.29 is 19.4 Å². The summed E-state index contributed by atoms with van der Waals surface area (Å²) in [5, 5.41) is 14.9. The zero-order valence-electron chi connectivity index (χ0n) is 11.9. The third-order valence-corrected chi connectivity index (χ3v) is 3.71. The van der Waals surface area contributed by atoms with E-state index >= 15 is 0 Å². The molecule has 0 spiro atoms. The lowest BCUT2D eigenvalue weighted by Crippen LogP contribution is -2.47. The van der Waals surface area contributed by atoms with E-state index in [-0.39, 0.29) is 11.5 Å². The number of aromatic carboxylic acids is 1. The molecular weight excluding hydrogens is 274 g/mol. The standard InChI is InChI=1S/C14H19N3O4/c1-21-9-14(2-4-15-5-3-14)13(20)17-11-6-10(12(18)19)7-16-8-11/h6-8,15H,2-5,9H2,1H3,(H,17,20)(H,18,19). The van der Waals surface area contributed by atoms with Crippen LogP contribution in [0, 0.1) is 5.41 Å². The third kappa shape index (κ3) is 3.56. The molecule has 1 aliphatic heterocycles. The number of carboxylic acids is 1. The van der Waals surface area contributed by atoms with Gasteiger partial charge in [-0.05, 0) is 32.0 Å². The van der Waals surface area contributed by atoms with E-state index in [0.29, 0.717) is 25.1 Å². The molecule has 0 aliphatic carbocycles. The summed E-state index contributed by atoms with van der Waals surface area (Å²) in [5.41, 5.74) is -0.160. The summed E-state index contributed by atoms with van der Waals surface area (Å²) in [6.45, 7) is 1.85. The van der Waals surface area contributed by atoms with Crippen LogP contribution in [0.15, 0.2) is 18.5 Å². The van der Waals surface area contributed by atoms with Crippen LogP contribution in [0.1, 0.15) is 23.2 Å². The maximum atomic E-state index is 12.6. The molecule has 21 heavy (non-hydrogen) atoms. The van der Waals surface area contributed by atoms with Crippen molar-refractivity contribution in [3.05, 3.63) is 24.0 Å². The molecule has 1 amide bonds. The normalized spacial score (nSPS) is 17.2. The topological polar surface area (TPSA) is 101 Å². The van der Waals surface area contributed by atoms with E-state index in [4.69, 9.17) is 9.84 Å². The number of ether oxygens (including phenoxy) is 1. The Balaban J connectivity index is 2.15. The van der Waals surface area contributed by atoms with Gasteiger partial charge in [0.15, 0.2) is 0 Å². The van der Waals surface area contributed by atoms with Gasteiger partial charge in [-0.25, -0.2) is 4.79 Å². The number of amides is 1. The number of hydrogen-bond acceptors (Lipinski definition) is 5. The number of carbonyl (C=O) groups excluding carboxylic acids is 1. The molecule has 114 valence electrons. The van der Waals surface area contributed by atoms with Gasteiger partial charge in [0.2, 0.25) is 5.91 Å². The number of methoxy groups -OCH3 is 1. The van der Waals surface area contributed by atoms with Crippen molar-refractivity contribution in [3.8, 4) is 0 Å². The molecule has 2 heterocycles. The molecule has 3 N–H and O–H groups in total. The van der Waals surface area contributed by atoms with Gasteiger partial charge in [0.05, 0.1) is 29.5 Å². The first-order chi connectivity index (χ1) is 10.1. The van der Waals surface area contributed by atoms with Crippen molar-refractivity contribution in [3.63, 3.8) is 0 Å². The monoisotopic (exact) mass is 293 g/mol. The molecule has 0 bridgehead atoms. The first-order valence-corrected chi connectivity index (χ1v) is 6.77. The van der Waals surface area contributed by atoms with E-state index < -0.39 is 11.4 Å². The van der Waals surface area contributed by atoms with Crippen molar-refractivity contribution >= 4 is 17.6 Å². The van der Waals surface area contributed by atoms with Crippen LogP contribution in [0.2, 0.25) is 0 Å². The minimum Gasteiger partial charge on any atom is -0.478 e. The molecular formula is C14H19N3O4. The quantitative estimate of drug-likeness (QED) is 0.740. The Morgan fingerprint density at radius 3 is 2.76 bits per heavy atom. The SMILES string of the molecule is COCC1(C(=O)Nc2cncc(C(=O)O)c2)CCNCC1. The first kappa shape index (κ1) is 15.4. The Hall–Kier alpha value is -1.99. The molecule has 1 aromatic heterocycles. The second-order valence-electron chi connectivity index (χ2n) is 5.18. The largest absolute Gasteiger partial charge is 0.478 e. The van der Waals surface area contributed by atoms with Crippen LogP contribution < -0.4 is 10.6 Å². The van der Waals surface area contributed by atoms with Gasteiger partial charge in [-0.2, -0.15) is 0 Å². The fourth-order valence-corrected chi connectivity index (χ4v) is 2.51. The first-order valence-electron chi connectivity index (χ1n) is 6.77. The lowest BCUT2D eigenvalue weighted by atomic mass is 9.78. The summed E-state index contributed by atoms with van der Waals surface area (Å²) in [4.78, 5) is 27.3. The number of anilines is 1. The minimum atomic E-state index is -1.08. The summed E-state index contributed by atoms with van der Waals surface area (Å²) in [6.07, 6.45) is 4.04. The van der Waals surface area contributed by atoms with E-state index in [9.17, 15) is 9.59 Å². The highest BCUT2D eigenvalue weighted by Crippen LogP contribution is 2.30. The summed E-state index contributed by atoms with van der Waals surface area (Å²) in [6, 6.07) is 1.40. The van der Waals surface area contributed by atoms with Crippen LogP contribution in [0.5, 0.6) is 0 Å². The second-order valence-corrected chi connectivity index (χ2v) is 5.18. The number of rotatable bonds is 5. The van der Waals surface area contributed by atoms with Crippen LogP contribution in [0.3, 0.4) is 0 Å². The van der Waals surface area contributed by atoms with Gasteiger partial charge in [0, 0.05) is 13.3 Å². The molecule has 0 atom stereocenters. The predicted octanol–water partition coefficient (Wildman–Crippen LogP) is 0.734. The van der Waals surface area contributed by atoms with Crippen LogP contribution in [0.25, 0.3) is 0 Å². The fourth-order valence-electron chi connectivity index (χ4n) is 2.51. The zero-order chi connectivity index (χ0) is 15.3. The molecule has 1 aliphatic rings. The van der Waals surface area contributed by atoms with Gasteiger partial charge >= 0.3 is 5.97 Å². The third-order valence-electron chi connectivity index (χ3n) is 3.71. The number of piperidine rings is 1. The highest BCUT2D eigenvalue weighted by atomic mass is 16.5. The van der Waals surface area contributed by atoms with Gasteiger partial charge in [0.25, 0.3) is 0 Å². The van der Waals surface area contributed by atoms with Gasteiger partial charge in [-0.15, -0.1) is 0 Å². The van der Waals surface area contributed by atoms with Crippen LogP contribution in [0.4, 0.5) is 5.69 Å². The molecule has 7 nitrogen and oxygen atoms in total. The van der Waals surface area contributed by atoms with Crippen LogP contribution in [-0.2, 0) is 9.53 Å². The predicted molar refractivity (Wildman–Crippen MR) is 76.2 cm³/mol. The van der Waals surface area contributed by atoms with Crippen LogP contribution in [-0.4, -0.2) is 48.8 Å². The molecule has 1 fully saturated rings. The molecule has 0 unspecified atom stereocenters. The Kier molecular flexibility index (Phi) is 4.87. The average molecular weight is 293 g/mol. The average Bonchev–Trinajstić information content (AvgIpc) is 2.48. The molecule has 1 aromatic rings. The minimum absolute atomic E-state index is 0.0407. The van der Waals surface area contributed by atoms with Crippen molar-refractivity contribution in [2.75, 3.05) is 32.1 Å². The fraction of sp³-hybridized carbons (Fsp3) is 0.500. The van der Waals surface area contributed by atoms with E-state index in [1.807, 2.05) is 0 Å². The number of nitrogens with zero attached hydrogens (tertiary/aromatic N) is 1. The Morgan fingerprint density at radius 1 is 1.43 bits per heavy atom. The number of nitrogens with one attached hydrogen (secondary N) is 2. The van der Waals surface area contributed by atoms with Gasteiger partial charge < -0.3 is 20.5 Å². The molecule has 0 aromatic carbocycles. The number of carboxylic acid groups (broad SMARTS) is 1. The Morgan fingerprint density at radius 2 is 2.14 bits per heavy atom. The smallest absolute Gasteiger partial charge is 0.337 e. The zero-order valence-corrected chi connectivity index (χ0v) is 11.9. The molecule has 2 rings (SSSR count). The van der Waals surface area contributed by atoms with Crippen molar-refractivity contribution in [1.29, 1.82) is 0 Å². The molecule has 0 saturated carbocycles. The number of carbonyl (C=O) groups is 2. The highest BCUT2D eigenvalue weighted by Gasteiger charge is 2.39. The van der Waals surface area contributed by atoms with Crippen LogP contribution >= 0.6 is 0 Å². The van der Waals surface area contributed by atoms with Crippen molar-refractivity contribution in [2.45, 2.75) is 12.8 Å². The lowest BCUT2D eigenvalue weighted by Gasteiger charge is -2.35. The summed E-state index contributed by atoms with van der Waals surface area (Å²) in [5.74, 6) is -1.23. The van der Waals surface area contributed by atoms with E-state index in [1.54, 1.807) is 7.11 Å². The van der Waals surface area contributed by atoms with Crippen molar-refractivity contribution in [1.82, 2.24) is 10.3 Å². The lowest BCUT2D eigenvalue weighted by molar-refractivity contribution is -0.130. The van der Waals surface area contributed by atoms with E-state index in [2.05, 4.69) is 15.6 Å². The van der Waals surface area contributed by atoms with Gasteiger partial charge in [-0.1, -0.05) is 0 Å². The molecule has 7 heteroatoms. The summed E-state index contributed by atoms with van der Waals surface area (Å²) in [7, 11) is 1.57. The van der Waals surface area contributed by atoms with Gasteiger partial charge in [0.1, 0.15) is 0 Å². The highest BCUT2D eigenvalue weighted by molar-refractivity contribution is 5.96. The number of pyridine rings is 1. The van der Waals surface area contributed by atoms with E-state index in [1.165, 1.54) is 18.5 Å². The Labute approximate surface area is 122 Å². The number of aromatic nitrogens is 1. The van der Waals surface area contributed by atoms with Crippen molar-refractivity contribution in [2.24, 2.45) is 5.41 Å².